The highest BCUT2D eigenvalue weighted by molar-refractivity contribution is 7.21. The maximum absolute atomic E-state index is 4.72. The van der Waals surface area contributed by atoms with E-state index in [1.807, 2.05) is 0 Å². The van der Waals surface area contributed by atoms with E-state index in [9.17, 15) is 0 Å². The first kappa shape index (κ1) is 13.5. The third kappa shape index (κ3) is 2.50. The molecule has 3 aromatic rings. The largest absolute Gasteiger partial charge is 0.355 e. The van der Waals surface area contributed by atoms with Crippen LogP contribution in [0.1, 0.15) is 18.4 Å². The van der Waals surface area contributed by atoms with Gasteiger partial charge in [0, 0.05) is 18.8 Å². The van der Waals surface area contributed by atoms with Crippen molar-refractivity contribution < 1.29 is 0 Å². The third-order valence-electron chi connectivity index (χ3n) is 3.88. The van der Waals surface area contributed by atoms with Crippen LogP contribution in [-0.4, -0.2) is 28.0 Å². The molecule has 112 valence electrons. The lowest BCUT2D eigenvalue weighted by Crippen LogP contribution is -2.19. The predicted octanol–water partition coefficient (Wildman–Crippen LogP) is 3.74. The third-order valence-corrected chi connectivity index (χ3v) is 4.76. The first-order valence-electron chi connectivity index (χ1n) is 7.50. The van der Waals surface area contributed by atoms with E-state index in [4.69, 9.17) is 4.98 Å². The van der Waals surface area contributed by atoms with E-state index in [0.717, 1.165) is 40.1 Å². The maximum atomic E-state index is 4.72. The first-order valence-corrected chi connectivity index (χ1v) is 8.31. The Kier molecular flexibility index (Phi) is 3.38. The number of aromatic nitrogens is 3. The standard InChI is InChI=1S/C16H17N5S/c1-11-4-6-12(7-5-11)19-16-20-13-14(21-8-2-3-9-21)17-10-18-15(13)22-16/h4-7,10H,2-3,8-9H2,1H3,(H,19,20). The van der Waals surface area contributed by atoms with Crippen molar-refractivity contribution in [2.75, 3.05) is 23.3 Å². The molecular weight excluding hydrogens is 294 g/mol. The van der Waals surface area contributed by atoms with Gasteiger partial charge in [0.25, 0.3) is 0 Å². The molecule has 1 aliphatic rings. The first-order chi connectivity index (χ1) is 10.8. The second-order valence-electron chi connectivity index (χ2n) is 5.56. The number of nitrogens with one attached hydrogen (secondary N) is 1. The van der Waals surface area contributed by atoms with E-state index >= 15 is 0 Å². The minimum atomic E-state index is 0.861. The summed E-state index contributed by atoms with van der Waals surface area (Å²) in [5, 5.41) is 4.22. The van der Waals surface area contributed by atoms with Crippen molar-refractivity contribution in [3.8, 4) is 0 Å². The summed E-state index contributed by atoms with van der Waals surface area (Å²) in [6.45, 7) is 4.20. The SMILES string of the molecule is Cc1ccc(Nc2nc3c(N4CCCC4)ncnc3s2)cc1. The molecule has 0 spiro atoms. The molecular formula is C16H17N5S. The number of rotatable bonds is 3. The molecule has 1 aromatic carbocycles. The van der Waals surface area contributed by atoms with E-state index < -0.39 is 0 Å². The Bertz CT molecular complexity index is 790. The van der Waals surface area contributed by atoms with Gasteiger partial charge in [0.1, 0.15) is 11.8 Å². The van der Waals surface area contributed by atoms with Crippen LogP contribution in [0.2, 0.25) is 0 Å². The molecule has 1 saturated heterocycles. The molecule has 6 heteroatoms. The van der Waals surface area contributed by atoms with Crippen molar-refractivity contribution in [3.63, 3.8) is 0 Å². The number of benzene rings is 1. The molecule has 3 heterocycles. The van der Waals surface area contributed by atoms with Gasteiger partial charge >= 0.3 is 0 Å². The van der Waals surface area contributed by atoms with E-state index in [-0.39, 0.29) is 0 Å². The Labute approximate surface area is 133 Å². The topological polar surface area (TPSA) is 53.9 Å². The lowest BCUT2D eigenvalue weighted by Gasteiger charge is -2.15. The Hall–Kier alpha value is -2.21. The highest BCUT2D eigenvalue weighted by Gasteiger charge is 2.19. The van der Waals surface area contributed by atoms with E-state index in [1.165, 1.54) is 18.4 Å². The fourth-order valence-electron chi connectivity index (χ4n) is 2.72. The van der Waals surface area contributed by atoms with Gasteiger partial charge in [-0.25, -0.2) is 15.0 Å². The summed E-state index contributed by atoms with van der Waals surface area (Å²) in [6, 6.07) is 8.30. The molecule has 0 radical (unpaired) electrons. The number of hydrogen-bond donors (Lipinski definition) is 1. The number of hydrogen-bond acceptors (Lipinski definition) is 6. The highest BCUT2D eigenvalue weighted by Crippen LogP contribution is 2.32. The second-order valence-corrected chi connectivity index (χ2v) is 6.53. The van der Waals surface area contributed by atoms with Crippen molar-refractivity contribution >= 4 is 38.3 Å². The van der Waals surface area contributed by atoms with Crippen molar-refractivity contribution in [3.05, 3.63) is 36.2 Å². The summed E-state index contributed by atoms with van der Waals surface area (Å²) >= 11 is 1.57. The van der Waals surface area contributed by atoms with Crippen LogP contribution in [0.3, 0.4) is 0 Å². The summed E-state index contributed by atoms with van der Waals surface area (Å²) in [4.78, 5) is 16.8. The second kappa shape index (κ2) is 5.53. The zero-order chi connectivity index (χ0) is 14.9. The number of thiazole rings is 1. The van der Waals surface area contributed by atoms with Gasteiger partial charge in [-0.15, -0.1) is 0 Å². The molecule has 22 heavy (non-hydrogen) atoms. The molecule has 4 rings (SSSR count). The van der Waals surface area contributed by atoms with Gasteiger partial charge in [0.15, 0.2) is 15.8 Å². The zero-order valence-corrected chi connectivity index (χ0v) is 13.2. The number of aryl methyl sites for hydroxylation is 1. The van der Waals surface area contributed by atoms with Gasteiger partial charge in [-0.2, -0.15) is 0 Å². The van der Waals surface area contributed by atoms with Crippen LogP contribution >= 0.6 is 11.3 Å². The summed E-state index contributed by atoms with van der Waals surface area (Å²) in [5.74, 6) is 0.968. The molecule has 1 aliphatic heterocycles. The molecule has 0 amide bonds. The maximum Gasteiger partial charge on any atom is 0.189 e. The average molecular weight is 311 g/mol. The Morgan fingerprint density at radius 3 is 2.64 bits per heavy atom. The minimum absolute atomic E-state index is 0.861. The lowest BCUT2D eigenvalue weighted by atomic mass is 10.2. The molecule has 0 bridgehead atoms. The van der Waals surface area contributed by atoms with Gasteiger partial charge in [-0.3, -0.25) is 0 Å². The van der Waals surface area contributed by atoms with Crippen LogP contribution in [-0.2, 0) is 0 Å². The fourth-order valence-corrected chi connectivity index (χ4v) is 3.54. The van der Waals surface area contributed by atoms with Crippen molar-refractivity contribution in [1.29, 1.82) is 0 Å². The fraction of sp³-hybridized carbons (Fsp3) is 0.312. The quantitative estimate of drug-likeness (QED) is 0.798. The molecule has 0 unspecified atom stereocenters. The van der Waals surface area contributed by atoms with E-state index in [2.05, 4.69) is 51.4 Å². The normalized spacial score (nSPS) is 14.7. The molecule has 2 aromatic heterocycles. The number of nitrogens with zero attached hydrogens (tertiary/aromatic N) is 4. The summed E-state index contributed by atoms with van der Waals surface area (Å²) in [6.07, 6.45) is 4.10. The molecule has 5 nitrogen and oxygen atoms in total. The van der Waals surface area contributed by atoms with Crippen molar-refractivity contribution in [2.24, 2.45) is 0 Å². The smallest absolute Gasteiger partial charge is 0.189 e. The van der Waals surface area contributed by atoms with Crippen LogP contribution in [0.4, 0.5) is 16.6 Å². The van der Waals surface area contributed by atoms with Gasteiger partial charge < -0.3 is 10.2 Å². The predicted molar refractivity (Wildman–Crippen MR) is 91.1 cm³/mol. The Morgan fingerprint density at radius 2 is 1.86 bits per heavy atom. The van der Waals surface area contributed by atoms with Crippen LogP contribution in [0.25, 0.3) is 10.3 Å². The zero-order valence-electron chi connectivity index (χ0n) is 12.4. The number of anilines is 3. The molecule has 0 aliphatic carbocycles. The molecule has 1 N–H and O–H groups in total. The summed E-state index contributed by atoms with van der Waals surface area (Å²) < 4.78 is 0. The van der Waals surface area contributed by atoms with Crippen molar-refractivity contribution in [2.45, 2.75) is 19.8 Å². The van der Waals surface area contributed by atoms with Crippen LogP contribution in [0.5, 0.6) is 0 Å². The van der Waals surface area contributed by atoms with E-state index in [1.54, 1.807) is 17.7 Å². The minimum Gasteiger partial charge on any atom is -0.355 e. The lowest BCUT2D eigenvalue weighted by molar-refractivity contribution is 0.937. The van der Waals surface area contributed by atoms with Crippen molar-refractivity contribution in [1.82, 2.24) is 15.0 Å². The summed E-state index contributed by atoms with van der Waals surface area (Å²) in [5.41, 5.74) is 3.20. The number of fused-ring (bicyclic) bond motifs is 1. The van der Waals surface area contributed by atoms with Gasteiger partial charge in [-0.1, -0.05) is 29.0 Å². The van der Waals surface area contributed by atoms with Gasteiger partial charge in [0.05, 0.1) is 0 Å². The van der Waals surface area contributed by atoms with Crippen LogP contribution in [0, 0.1) is 6.92 Å². The monoisotopic (exact) mass is 311 g/mol. The van der Waals surface area contributed by atoms with Crippen LogP contribution in [0.15, 0.2) is 30.6 Å². The average Bonchev–Trinajstić information content (AvgIpc) is 3.18. The molecule has 0 saturated carbocycles. The van der Waals surface area contributed by atoms with Crippen LogP contribution < -0.4 is 10.2 Å². The Balaban J connectivity index is 1.68. The van der Waals surface area contributed by atoms with Gasteiger partial charge in [0.2, 0.25) is 0 Å². The Morgan fingerprint density at radius 1 is 1.09 bits per heavy atom. The van der Waals surface area contributed by atoms with E-state index in [0.29, 0.717) is 0 Å². The van der Waals surface area contributed by atoms with Gasteiger partial charge in [-0.05, 0) is 31.9 Å². The molecule has 1 fully saturated rings. The molecule has 0 atom stereocenters. The summed E-state index contributed by atoms with van der Waals surface area (Å²) in [7, 11) is 0. The highest BCUT2D eigenvalue weighted by atomic mass is 32.1.